The van der Waals surface area contributed by atoms with Crippen molar-refractivity contribution >= 4 is 33.5 Å². The van der Waals surface area contributed by atoms with Crippen molar-refractivity contribution in [3.63, 3.8) is 0 Å². The second-order valence-corrected chi connectivity index (χ2v) is 8.69. The number of hydrogen-bond donors (Lipinski definition) is 3. The number of amides is 2. The molecular weight excluding hydrogens is 441 g/mol. The van der Waals surface area contributed by atoms with Crippen molar-refractivity contribution in [2.24, 2.45) is 0 Å². The van der Waals surface area contributed by atoms with E-state index in [9.17, 15) is 27.2 Å². The monoisotopic (exact) mass is 465 g/mol. The van der Waals surface area contributed by atoms with E-state index in [1.807, 2.05) is 0 Å². The fraction of sp³-hybridized carbons (Fsp3) is 0.286. The summed E-state index contributed by atoms with van der Waals surface area (Å²) in [5.74, 6) is -2.23. The summed E-state index contributed by atoms with van der Waals surface area (Å²) in [6, 6.07) is 9.63. The summed E-state index contributed by atoms with van der Waals surface area (Å²) in [5.41, 5.74) is 1.08. The Morgan fingerprint density at radius 3 is 2.16 bits per heavy atom. The van der Waals surface area contributed by atoms with Gasteiger partial charge in [0.1, 0.15) is 11.9 Å². The number of benzene rings is 2. The summed E-state index contributed by atoms with van der Waals surface area (Å²) in [5, 5.41) is 5.06. The fourth-order valence-electron chi connectivity index (χ4n) is 2.53. The lowest BCUT2D eigenvalue weighted by atomic mass is 10.2. The Bertz CT molecular complexity index is 1070. The summed E-state index contributed by atoms with van der Waals surface area (Å²) < 4.78 is 45.1. The maximum atomic E-state index is 12.9. The van der Waals surface area contributed by atoms with Crippen LogP contribution in [0.15, 0.2) is 53.4 Å². The normalized spacial score (nSPS) is 13.0. The number of anilines is 1. The van der Waals surface area contributed by atoms with Crippen LogP contribution in [0.2, 0.25) is 0 Å². The average Bonchev–Trinajstić information content (AvgIpc) is 2.72. The molecule has 1 unspecified atom stereocenters. The van der Waals surface area contributed by atoms with Crippen molar-refractivity contribution in [2.75, 3.05) is 5.32 Å². The number of ether oxygens (including phenoxy) is 1. The van der Waals surface area contributed by atoms with Gasteiger partial charge >= 0.3 is 5.97 Å². The van der Waals surface area contributed by atoms with Crippen LogP contribution in [-0.2, 0) is 35.7 Å². The van der Waals surface area contributed by atoms with Gasteiger partial charge in [0, 0.05) is 19.2 Å². The quantitative estimate of drug-likeness (QED) is 0.483. The fourth-order valence-corrected chi connectivity index (χ4v) is 3.73. The number of carbonyl (C=O) groups excluding carboxylic acids is 3. The Morgan fingerprint density at radius 1 is 1.00 bits per heavy atom. The third-order valence-corrected chi connectivity index (χ3v) is 5.77. The molecule has 2 aromatic rings. The van der Waals surface area contributed by atoms with Crippen LogP contribution in [-0.4, -0.2) is 38.3 Å². The molecule has 0 saturated carbocycles. The molecule has 2 amide bonds. The van der Waals surface area contributed by atoms with E-state index in [4.69, 9.17) is 4.74 Å². The van der Waals surface area contributed by atoms with Gasteiger partial charge < -0.3 is 15.4 Å². The highest BCUT2D eigenvalue weighted by atomic mass is 32.2. The summed E-state index contributed by atoms with van der Waals surface area (Å²) in [6.45, 7) is 4.07. The van der Waals surface area contributed by atoms with Crippen LogP contribution in [0.1, 0.15) is 26.3 Å². The van der Waals surface area contributed by atoms with Crippen molar-refractivity contribution in [3.8, 4) is 0 Å². The van der Waals surface area contributed by atoms with Gasteiger partial charge in [-0.1, -0.05) is 12.1 Å². The smallest absolute Gasteiger partial charge is 0.324 e. The van der Waals surface area contributed by atoms with Crippen LogP contribution < -0.4 is 15.4 Å². The third-order valence-electron chi connectivity index (χ3n) is 4.21. The minimum Gasteiger partial charge on any atom is -0.451 e. The summed E-state index contributed by atoms with van der Waals surface area (Å²) >= 11 is 0. The largest absolute Gasteiger partial charge is 0.451 e. The van der Waals surface area contributed by atoms with Gasteiger partial charge in [-0.15, -0.1) is 0 Å². The van der Waals surface area contributed by atoms with Gasteiger partial charge in [-0.05, 0) is 55.8 Å². The zero-order chi connectivity index (χ0) is 23.9. The number of hydrogen-bond acceptors (Lipinski definition) is 6. The second kappa shape index (κ2) is 10.8. The Morgan fingerprint density at radius 2 is 1.59 bits per heavy atom. The Hall–Kier alpha value is -3.31. The number of nitrogens with one attached hydrogen (secondary N) is 3. The molecule has 32 heavy (non-hydrogen) atoms. The van der Waals surface area contributed by atoms with Crippen molar-refractivity contribution < 1.29 is 31.9 Å². The van der Waals surface area contributed by atoms with E-state index in [2.05, 4.69) is 15.4 Å². The zero-order valence-electron chi connectivity index (χ0n) is 17.7. The molecule has 0 aliphatic heterocycles. The Labute approximate surface area is 185 Å². The molecule has 2 atom stereocenters. The minimum atomic E-state index is -4.05. The molecule has 0 fully saturated rings. The average molecular weight is 466 g/mol. The molecule has 0 saturated heterocycles. The maximum Gasteiger partial charge on any atom is 0.324 e. The Kier molecular flexibility index (Phi) is 8.44. The van der Waals surface area contributed by atoms with Gasteiger partial charge in [0.25, 0.3) is 5.91 Å². The van der Waals surface area contributed by atoms with E-state index in [0.29, 0.717) is 11.3 Å². The molecule has 9 nitrogen and oxygen atoms in total. The number of halogens is 1. The van der Waals surface area contributed by atoms with Crippen LogP contribution in [0, 0.1) is 5.82 Å². The number of esters is 1. The van der Waals surface area contributed by atoms with Gasteiger partial charge in [-0.2, -0.15) is 4.72 Å². The van der Waals surface area contributed by atoms with Gasteiger partial charge in [-0.3, -0.25) is 14.4 Å². The van der Waals surface area contributed by atoms with Gasteiger partial charge in [0.15, 0.2) is 6.10 Å². The third kappa shape index (κ3) is 7.43. The predicted molar refractivity (Wildman–Crippen MR) is 114 cm³/mol. The van der Waals surface area contributed by atoms with Crippen LogP contribution in [0.25, 0.3) is 0 Å². The van der Waals surface area contributed by atoms with Crippen molar-refractivity contribution in [1.29, 1.82) is 0 Å². The first kappa shape index (κ1) is 25.0. The Balaban J connectivity index is 1.89. The van der Waals surface area contributed by atoms with Crippen molar-refractivity contribution in [3.05, 3.63) is 59.9 Å². The molecule has 0 radical (unpaired) electrons. The lowest BCUT2D eigenvalue weighted by Crippen LogP contribution is -2.43. The molecule has 0 aliphatic rings. The highest BCUT2D eigenvalue weighted by molar-refractivity contribution is 7.89. The molecule has 2 rings (SSSR count). The van der Waals surface area contributed by atoms with Gasteiger partial charge in [0.05, 0.1) is 4.90 Å². The van der Waals surface area contributed by atoms with E-state index in [1.165, 1.54) is 69.3 Å². The molecule has 0 heterocycles. The van der Waals surface area contributed by atoms with Crippen molar-refractivity contribution in [2.45, 2.75) is 44.4 Å². The molecular formula is C21H24FN3O6S. The highest BCUT2D eigenvalue weighted by Crippen LogP contribution is 2.14. The molecule has 3 N–H and O–H groups in total. The SMILES string of the molecule is CC(=O)Nc1ccc(S(=O)(=O)N[C@@H](C)C(=O)OC(C)C(=O)NCc2ccc(F)cc2)cc1. The van der Waals surface area contributed by atoms with Gasteiger partial charge in [-0.25, -0.2) is 12.8 Å². The highest BCUT2D eigenvalue weighted by Gasteiger charge is 2.26. The first-order chi connectivity index (χ1) is 15.0. The lowest BCUT2D eigenvalue weighted by Gasteiger charge is -2.18. The van der Waals surface area contributed by atoms with Crippen LogP contribution in [0.3, 0.4) is 0 Å². The molecule has 2 aromatic carbocycles. The zero-order valence-corrected chi connectivity index (χ0v) is 18.5. The van der Waals surface area contributed by atoms with Crippen LogP contribution >= 0.6 is 0 Å². The van der Waals surface area contributed by atoms with E-state index in [1.54, 1.807) is 0 Å². The maximum absolute atomic E-state index is 12.9. The van der Waals surface area contributed by atoms with Crippen LogP contribution in [0.4, 0.5) is 10.1 Å². The number of sulfonamides is 1. The van der Waals surface area contributed by atoms with Gasteiger partial charge in [0.2, 0.25) is 15.9 Å². The van der Waals surface area contributed by atoms with E-state index in [0.717, 1.165) is 0 Å². The standard InChI is InChI=1S/C21H24FN3O6S/c1-13(25-32(29,30)19-10-8-18(9-11-19)24-15(3)26)21(28)31-14(2)20(27)23-12-16-4-6-17(22)7-5-16/h4-11,13-14,25H,12H2,1-3H3,(H,23,27)(H,24,26)/t13-,14?/m0/s1. The van der Waals surface area contributed by atoms with E-state index in [-0.39, 0.29) is 17.3 Å². The van der Waals surface area contributed by atoms with Crippen molar-refractivity contribution in [1.82, 2.24) is 10.0 Å². The first-order valence-electron chi connectivity index (χ1n) is 9.60. The minimum absolute atomic E-state index is 0.109. The molecule has 11 heteroatoms. The van der Waals surface area contributed by atoms with E-state index >= 15 is 0 Å². The summed E-state index contributed by atoms with van der Waals surface area (Å²) in [7, 11) is -4.05. The number of rotatable bonds is 9. The predicted octanol–water partition coefficient (Wildman–Crippen LogP) is 1.70. The second-order valence-electron chi connectivity index (χ2n) is 6.97. The lowest BCUT2D eigenvalue weighted by molar-refractivity contribution is -0.156. The number of carbonyl (C=O) groups is 3. The molecule has 0 spiro atoms. The molecule has 172 valence electrons. The summed E-state index contributed by atoms with van der Waals surface area (Å²) in [6.07, 6.45) is -1.17. The van der Waals surface area contributed by atoms with E-state index < -0.39 is 39.9 Å². The van der Waals surface area contributed by atoms with Crippen LogP contribution in [0.5, 0.6) is 0 Å². The first-order valence-corrected chi connectivity index (χ1v) is 11.1. The topological polar surface area (TPSA) is 131 Å². The molecule has 0 aromatic heterocycles. The molecule has 0 bridgehead atoms. The molecule has 0 aliphatic carbocycles. The summed E-state index contributed by atoms with van der Waals surface area (Å²) in [4.78, 5) is 35.3.